The Balaban J connectivity index is 2.94. The van der Waals surface area contributed by atoms with Crippen molar-refractivity contribution in [3.05, 3.63) is 11.3 Å². The summed E-state index contributed by atoms with van der Waals surface area (Å²) in [6.07, 6.45) is 0. The van der Waals surface area contributed by atoms with Crippen molar-refractivity contribution < 1.29 is 9.47 Å². The quantitative estimate of drug-likeness (QED) is 0.523. The molecule has 0 aromatic carbocycles. The molecule has 0 aromatic heterocycles. The van der Waals surface area contributed by atoms with Crippen LogP contribution >= 0.6 is 12.2 Å². The number of rotatable bonds is 0. The van der Waals surface area contributed by atoms with E-state index < -0.39 is 5.79 Å². The van der Waals surface area contributed by atoms with Crippen LogP contribution in [0.1, 0.15) is 27.7 Å². The van der Waals surface area contributed by atoms with E-state index in [1.54, 1.807) is 0 Å². The second kappa shape index (κ2) is 2.48. The van der Waals surface area contributed by atoms with Gasteiger partial charge in [-0.05, 0) is 26.1 Å². The third kappa shape index (κ3) is 1.71. The zero-order valence-corrected chi connectivity index (χ0v) is 8.04. The molecule has 1 aliphatic heterocycles. The molecule has 62 valence electrons. The molecule has 0 saturated carbocycles. The fraction of sp³-hybridized carbons (Fsp3) is 0.625. The molecule has 0 saturated heterocycles. The molecule has 3 heteroatoms. The Morgan fingerprint density at radius 3 is 2.18 bits per heavy atom. The minimum absolute atomic E-state index is 0.541. The molecule has 1 rings (SSSR count). The smallest absolute Gasteiger partial charge is 0.246 e. The second-order valence-electron chi connectivity index (χ2n) is 3.07. The van der Waals surface area contributed by atoms with E-state index in [4.69, 9.17) is 21.7 Å². The molecule has 2 nitrogen and oxygen atoms in total. The third-order valence-electron chi connectivity index (χ3n) is 1.57. The summed E-state index contributed by atoms with van der Waals surface area (Å²) in [6.45, 7) is 7.48. The highest BCUT2D eigenvalue weighted by Crippen LogP contribution is 2.26. The average molecular weight is 172 g/mol. The van der Waals surface area contributed by atoms with Gasteiger partial charge >= 0.3 is 0 Å². The Bertz CT molecular complexity index is 228. The Hall–Kier alpha value is -0.570. The van der Waals surface area contributed by atoms with Gasteiger partial charge in [0.1, 0.15) is 5.76 Å². The first-order chi connectivity index (χ1) is 4.92. The molecule has 1 heterocycles. The Morgan fingerprint density at radius 1 is 1.18 bits per heavy atom. The van der Waals surface area contributed by atoms with Crippen molar-refractivity contribution in [2.75, 3.05) is 0 Å². The fourth-order valence-electron chi connectivity index (χ4n) is 0.910. The van der Waals surface area contributed by atoms with Crippen molar-refractivity contribution >= 4 is 17.3 Å². The van der Waals surface area contributed by atoms with Crippen molar-refractivity contribution in [3.63, 3.8) is 0 Å². The molecule has 1 aliphatic rings. The van der Waals surface area contributed by atoms with Crippen molar-refractivity contribution in [3.8, 4) is 0 Å². The van der Waals surface area contributed by atoms with Gasteiger partial charge in [0.15, 0.2) is 5.05 Å². The molecule has 11 heavy (non-hydrogen) atoms. The van der Waals surface area contributed by atoms with E-state index in [0.717, 1.165) is 11.3 Å². The summed E-state index contributed by atoms with van der Waals surface area (Å²) in [5.74, 6) is 0.256. The maximum absolute atomic E-state index is 5.43. The Morgan fingerprint density at radius 2 is 1.73 bits per heavy atom. The normalized spacial score (nSPS) is 22.7. The highest BCUT2D eigenvalue weighted by molar-refractivity contribution is 7.80. The van der Waals surface area contributed by atoms with Crippen LogP contribution in [0, 0.1) is 0 Å². The van der Waals surface area contributed by atoms with Crippen molar-refractivity contribution in [2.24, 2.45) is 0 Å². The van der Waals surface area contributed by atoms with Crippen molar-refractivity contribution in [1.82, 2.24) is 0 Å². The number of ether oxygens (including phenoxy) is 2. The van der Waals surface area contributed by atoms with Gasteiger partial charge in [-0.2, -0.15) is 0 Å². The molecule has 0 unspecified atom stereocenters. The molecular formula is C8H12O2S. The van der Waals surface area contributed by atoms with Crippen molar-refractivity contribution in [1.29, 1.82) is 0 Å². The lowest BCUT2D eigenvalue weighted by atomic mass is 10.2. The highest BCUT2D eigenvalue weighted by Gasteiger charge is 2.29. The van der Waals surface area contributed by atoms with Gasteiger partial charge in [-0.1, -0.05) is 0 Å². The van der Waals surface area contributed by atoms with E-state index >= 15 is 0 Å². The van der Waals surface area contributed by atoms with Gasteiger partial charge in [0.05, 0.1) is 0 Å². The maximum atomic E-state index is 5.43. The van der Waals surface area contributed by atoms with E-state index in [2.05, 4.69) is 0 Å². The summed E-state index contributed by atoms with van der Waals surface area (Å²) in [5, 5.41) is 0.541. The molecule has 0 bridgehead atoms. The number of hydrogen-bond donors (Lipinski definition) is 0. The zero-order chi connectivity index (χ0) is 8.65. The SMILES string of the molecule is CC1=C(C)C(=S)OC(C)(C)O1. The van der Waals surface area contributed by atoms with Gasteiger partial charge in [-0.25, -0.2) is 0 Å². The molecule has 0 fully saturated rings. The van der Waals surface area contributed by atoms with Crippen LogP contribution in [0.2, 0.25) is 0 Å². The van der Waals surface area contributed by atoms with Gasteiger partial charge < -0.3 is 9.47 Å². The standard InChI is InChI=1S/C8H12O2S/c1-5-6(2)9-8(3,4)10-7(5)11/h1-4H3. The van der Waals surface area contributed by atoms with Gasteiger partial charge in [0, 0.05) is 19.4 Å². The monoisotopic (exact) mass is 172 g/mol. The summed E-state index contributed by atoms with van der Waals surface area (Å²) in [4.78, 5) is 0. The minimum atomic E-state index is -0.597. The van der Waals surface area contributed by atoms with Crippen molar-refractivity contribution in [2.45, 2.75) is 33.5 Å². The molecule has 0 spiro atoms. The highest BCUT2D eigenvalue weighted by atomic mass is 32.1. The number of allylic oxidation sites excluding steroid dienone is 1. The largest absolute Gasteiger partial charge is 0.457 e. The molecule has 0 amide bonds. The molecule has 0 N–H and O–H groups in total. The lowest BCUT2D eigenvalue weighted by molar-refractivity contribution is -0.141. The molecule has 0 aromatic rings. The molecule has 0 aliphatic carbocycles. The van der Waals surface area contributed by atoms with Gasteiger partial charge in [-0.15, -0.1) is 0 Å². The second-order valence-corrected chi connectivity index (χ2v) is 3.44. The minimum Gasteiger partial charge on any atom is -0.457 e. The third-order valence-corrected chi connectivity index (χ3v) is 1.96. The van der Waals surface area contributed by atoms with Gasteiger partial charge in [0.25, 0.3) is 0 Å². The zero-order valence-electron chi connectivity index (χ0n) is 7.22. The molecular weight excluding hydrogens is 160 g/mol. The van der Waals surface area contributed by atoms with Gasteiger partial charge in [-0.3, -0.25) is 0 Å². The summed E-state index contributed by atoms with van der Waals surface area (Å²) < 4.78 is 10.7. The van der Waals surface area contributed by atoms with Gasteiger partial charge in [0.2, 0.25) is 5.79 Å². The first-order valence-corrected chi connectivity index (χ1v) is 3.93. The van der Waals surface area contributed by atoms with Crippen LogP contribution in [0.15, 0.2) is 11.3 Å². The van der Waals surface area contributed by atoms with Crippen LogP contribution < -0.4 is 0 Å². The van der Waals surface area contributed by atoms with Crippen LogP contribution in [-0.2, 0) is 9.47 Å². The predicted octanol–water partition coefficient (Wildman–Crippen LogP) is 2.39. The summed E-state index contributed by atoms with van der Waals surface area (Å²) in [6, 6.07) is 0. The lowest BCUT2D eigenvalue weighted by Crippen LogP contribution is -2.35. The lowest BCUT2D eigenvalue weighted by Gasteiger charge is -2.33. The maximum Gasteiger partial charge on any atom is 0.246 e. The van der Waals surface area contributed by atoms with Crippen LogP contribution in [0.25, 0.3) is 0 Å². The fourth-order valence-corrected chi connectivity index (χ4v) is 1.25. The van der Waals surface area contributed by atoms with E-state index in [1.807, 2.05) is 27.7 Å². The first-order valence-electron chi connectivity index (χ1n) is 3.52. The van der Waals surface area contributed by atoms with Crippen LogP contribution in [0.5, 0.6) is 0 Å². The molecule has 0 atom stereocenters. The van der Waals surface area contributed by atoms with E-state index in [0.29, 0.717) is 5.05 Å². The van der Waals surface area contributed by atoms with Crippen LogP contribution in [-0.4, -0.2) is 10.8 Å². The van der Waals surface area contributed by atoms with E-state index in [9.17, 15) is 0 Å². The average Bonchev–Trinajstić information content (AvgIpc) is 1.81. The predicted molar refractivity (Wildman–Crippen MR) is 47.2 cm³/mol. The number of thiocarbonyl (C=S) groups is 1. The van der Waals surface area contributed by atoms with E-state index in [1.165, 1.54) is 0 Å². The van der Waals surface area contributed by atoms with E-state index in [-0.39, 0.29) is 0 Å². The summed E-state index contributed by atoms with van der Waals surface area (Å²) >= 11 is 4.99. The van der Waals surface area contributed by atoms with Crippen LogP contribution in [0.3, 0.4) is 0 Å². The summed E-state index contributed by atoms with van der Waals surface area (Å²) in [7, 11) is 0. The topological polar surface area (TPSA) is 18.5 Å². The van der Waals surface area contributed by atoms with Crippen LogP contribution in [0.4, 0.5) is 0 Å². The molecule has 0 radical (unpaired) electrons. The summed E-state index contributed by atoms with van der Waals surface area (Å²) in [5.41, 5.74) is 0.916. The Labute approximate surface area is 72.2 Å². The number of hydrogen-bond acceptors (Lipinski definition) is 3. The Kier molecular flexibility index (Phi) is 1.92. The first kappa shape index (κ1) is 8.53.